The summed E-state index contributed by atoms with van der Waals surface area (Å²) in [6.45, 7) is 3.51. The van der Waals surface area contributed by atoms with Crippen LogP contribution in [0.4, 0.5) is 11.4 Å². The summed E-state index contributed by atoms with van der Waals surface area (Å²) in [5.74, 6) is -0.142. The van der Waals surface area contributed by atoms with Gasteiger partial charge < -0.3 is 19.9 Å². The van der Waals surface area contributed by atoms with E-state index in [9.17, 15) is 18.0 Å². The van der Waals surface area contributed by atoms with E-state index in [0.29, 0.717) is 46.6 Å². The number of nitrogens with one attached hydrogen (secondary N) is 1. The maximum atomic E-state index is 13.3. The lowest BCUT2D eigenvalue weighted by Gasteiger charge is -2.34. The highest BCUT2D eigenvalue weighted by molar-refractivity contribution is 7.90. The Morgan fingerprint density at radius 3 is 2.55 bits per heavy atom. The first-order chi connectivity index (χ1) is 18.0. The van der Waals surface area contributed by atoms with Crippen molar-refractivity contribution >= 4 is 50.0 Å². The monoisotopic (exact) mass is 537 g/mol. The van der Waals surface area contributed by atoms with Crippen LogP contribution < -0.4 is 25.7 Å². The van der Waals surface area contributed by atoms with Gasteiger partial charge in [-0.15, -0.1) is 0 Å². The zero-order valence-electron chi connectivity index (χ0n) is 22.0. The number of amides is 1. The molecule has 1 aliphatic rings. The van der Waals surface area contributed by atoms with Gasteiger partial charge in [0.05, 0.1) is 23.2 Å². The zero-order valence-corrected chi connectivity index (χ0v) is 22.8. The van der Waals surface area contributed by atoms with Crippen molar-refractivity contribution in [3.63, 3.8) is 0 Å². The molecule has 0 saturated carbocycles. The van der Waals surface area contributed by atoms with Crippen molar-refractivity contribution in [1.29, 1.82) is 0 Å². The standard InChI is InChI=1S/C27H31N5O5S/c1-16-9-22-24(31(4)27(16)34)11-20(37-5)12-25(22)32-8-6-7-18-10-21(19(14-28)15-29-3)26(13-23(18)32)38(35,36)30-17(2)33/h9-15H,6-8,28H2,1-5H3,(H,30,33)/b19-14+,29-15?. The number of sulfonamides is 1. The summed E-state index contributed by atoms with van der Waals surface area (Å²) >= 11 is 0. The van der Waals surface area contributed by atoms with Crippen molar-refractivity contribution in [1.82, 2.24) is 9.29 Å². The van der Waals surface area contributed by atoms with Crippen molar-refractivity contribution in [2.75, 3.05) is 25.6 Å². The van der Waals surface area contributed by atoms with E-state index in [2.05, 4.69) is 9.71 Å². The van der Waals surface area contributed by atoms with Crippen LogP contribution in [-0.2, 0) is 28.3 Å². The fourth-order valence-electron chi connectivity index (χ4n) is 4.91. The Balaban J connectivity index is 2.06. The van der Waals surface area contributed by atoms with Gasteiger partial charge in [0.2, 0.25) is 5.91 Å². The molecule has 11 heteroatoms. The molecule has 2 aromatic carbocycles. The summed E-state index contributed by atoms with van der Waals surface area (Å²) in [7, 11) is 0.604. The first kappa shape index (κ1) is 26.9. The Labute approximate surface area is 221 Å². The molecule has 38 heavy (non-hydrogen) atoms. The number of fused-ring (bicyclic) bond motifs is 2. The number of allylic oxidation sites excluding steroid dienone is 1. The number of carbonyl (C=O) groups excluding carboxylic acids is 1. The number of carbonyl (C=O) groups is 1. The van der Waals surface area contributed by atoms with E-state index >= 15 is 0 Å². The highest BCUT2D eigenvalue weighted by Crippen LogP contribution is 2.42. The van der Waals surface area contributed by atoms with E-state index in [0.717, 1.165) is 30.0 Å². The van der Waals surface area contributed by atoms with E-state index in [1.807, 2.05) is 23.1 Å². The molecule has 1 amide bonds. The van der Waals surface area contributed by atoms with Gasteiger partial charge in [0.1, 0.15) is 5.75 Å². The van der Waals surface area contributed by atoms with Crippen LogP contribution in [-0.4, -0.2) is 45.8 Å². The van der Waals surface area contributed by atoms with Crippen LogP contribution in [0.3, 0.4) is 0 Å². The number of nitrogens with two attached hydrogens (primary N) is 1. The molecule has 1 aromatic heterocycles. The number of aliphatic imine (C=N–C) groups is 1. The Kier molecular flexibility index (Phi) is 7.32. The van der Waals surface area contributed by atoms with Crippen LogP contribution in [0.25, 0.3) is 16.5 Å². The summed E-state index contributed by atoms with van der Waals surface area (Å²) < 4.78 is 35.9. The van der Waals surface area contributed by atoms with Crippen LogP contribution in [0.15, 0.2) is 51.2 Å². The van der Waals surface area contributed by atoms with Crippen LogP contribution in [0, 0.1) is 6.92 Å². The first-order valence-electron chi connectivity index (χ1n) is 12.0. The summed E-state index contributed by atoms with van der Waals surface area (Å²) in [4.78, 5) is 30.4. The molecule has 2 heterocycles. The number of hydrogen-bond acceptors (Lipinski definition) is 8. The second-order valence-corrected chi connectivity index (χ2v) is 10.8. The summed E-state index contributed by atoms with van der Waals surface area (Å²) in [5, 5.41) is 0.828. The molecule has 10 nitrogen and oxygen atoms in total. The van der Waals surface area contributed by atoms with E-state index < -0.39 is 15.9 Å². The summed E-state index contributed by atoms with van der Waals surface area (Å²) in [6.07, 6.45) is 4.28. The molecule has 3 N–H and O–H groups in total. The SMILES string of the molecule is CN=C/C(=C\N)c1cc2c(cc1S(=O)(=O)NC(C)=O)N(c1cc(OC)cc3c1cc(C)c(=O)n3C)CCC2. The highest BCUT2D eigenvalue weighted by Gasteiger charge is 2.28. The number of hydrogen-bond donors (Lipinski definition) is 2. The van der Waals surface area contributed by atoms with Gasteiger partial charge in [-0.1, -0.05) is 0 Å². The number of aryl methyl sites for hydroxylation is 3. The number of methoxy groups -OCH3 is 1. The molecule has 0 spiro atoms. The summed E-state index contributed by atoms with van der Waals surface area (Å²) in [5.41, 5.74) is 10.1. The molecule has 0 aliphatic carbocycles. The van der Waals surface area contributed by atoms with Crippen molar-refractivity contribution in [3.05, 3.63) is 63.6 Å². The minimum Gasteiger partial charge on any atom is -0.497 e. The Bertz CT molecular complexity index is 1670. The number of aromatic nitrogens is 1. The molecule has 200 valence electrons. The Morgan fingerprint density at radius 1 is 1.18 bits per heavy atom. The maximum Gasteiger partial charge on any atom is 0.264 e. The molecule has 0 atom stereocenters. The molecule has 0 fully saturated rings. The fourth-order valence-corrected chi connectivity index (χ4v) is 6.14. The minimum atomic E-state index is -4.23. The molecule has 1 aliphatic heterocycles. The number of ether oxygens (including phenoxy) is 1. The molecule has 0 saturated heterocycles. The number of anilines is 2. The van der Waals surface area contributed by atoms with E-state index in [1.165, 1.54) is 12.4 Å². The zero-order chi connectivity index (χ0) is 27.8. The van der Waals surface area contributed by atoms with Crippen molar-refractivity contribution in [2.45, 2.75) is 31.6 Å². The molecule has 4 rings (SSSR count). The lowest BCUT2D eigenvalue weighted by Crippen LogP contribution is -2.30. The molecule has 0 unspecified atom stereocenters. The number of pyridine rings is 1. The van der Waals surface area contributed by atoms with E-state index in [-0.39, 0.29) is 10.5 Å². The van der Waals surface area contributed by atoms with E-state index in [1.54, 1.807) is 44.8 Å². The van der Waals surface area contributed by atoms with Gasteiger partial charge >= 0.3 is 0 Å². The van der Waals surface area contributed by atoms with Gasteiger partial charge in [0.15, 0.2) is 0 Å². The normalized spacial score (nSPS) is 14.1. The van der Waals surface area contributed by atoms with Crippen molar-refractivity contribution in [2.24, 2.45) is 17.8 Å². The third-order valence-corrected chi connectivity index (χ3v) is 8.10. The van der Waals surface area contributed by atoms with E-state index in [4.69, 9.17) is 10.5 Å². The predicted octanol–water partition coefficient (Wildman–Crippen LogP) is 2.76. The Hall–Kier alpha value is -4.12. The smallest absolute Gasteiger partial charge is 0.264 e. The van der Waals surface area contributed by atoms with Crippen LogP contribution >= 0.6 is 0 Å². The average molecular weight is 538 g/mol. The van der Waals surface area contributed by atoms with Gasteiger partial charge in [-0.25, -0.2) is 13.1 Å². The molecule has 0 radical (unpaired) electrons. The molecule has 0 bridgehead atoms. The predicted molar refractivity (Wildman–Crippen MR) is 150 cm³/mol. The quantitative estimate of drug-likeness (QED) is 0.462. The highest BCUT2D eigenvalue weighted by atomic mass is 32.2. The third-order valence-electron chi connectivity index (χ3n) is 6.63. The largest absolute Gasteiger partial charge is 0.497 e. The molecule has 3 aromatic rings. The number of nitrogens with zero attached hydrogens (tertiary/aromatic N) is 3. The second kappa shape index (κ2) is 10.3. The van der Waals surface area contributed by atoms with Crippen LogP contribution in [0.2, 0.25) is 0 Å². The van der Waals surface area contributed by atoms with Gasteiger partial charge in [-0.2, -0.15) is 0 Å². The minimum absolute atomic E-state index is 0.0919. The van der Waals surface area contributed by atoms with Gasteiger partial charge in [0, 0.05) is 79.9 Å². The fraction of sp³-hybridized carbons (Fsp3) is 0.296. The molecular formula is C27H31N5O5S. The van der Waals surface area contributed by atoms with Crippen molar-refractivity contribution in [3.8, 4) is 5.75 Å². The lowest BCUT2D eigenvalue weighted by atomic mass is 9.95. The van der Waals surface area contributed by atoms with Gasteiger partial charge in [0.25, 0.3) is 15.6 Å². The van der Waals surface area contributed by atoms with Crippen LogP contribution in [0.5, 0.6) is 5.75 Å². The number of rotatable bonds is 6. The topological polar surface area (TPSA) is 136 Å². The Morgan fingerprint density at radius 2 is 1.92 bits per heavy atom. The van der Waals surface area contributed by atoms with Gasteiger partial charge in [-0.05, 0) is 43.5 Å². The third kappa shape index (κ3) is 4.76. The second-order valence-electron chi connectivity index (χ2n) is 9.17. The number of benzene rings is 2. The average Bonchev–Trinajstić information content (AvgIpc) is 2.88. The molecular weight excluding hydrogens is 506 g/mol. The lowest BCUT2D eigenvalue weighted by molar-refractivity contribution is -0.117. The summed E-state index contributed by atoms with van der Waals surface area (Å²) in [6, 6.07) is 8.90. The van der Waals surface area contributed by atoms with Gasteiger partial charge in [-0.3, -0.25) is 14.6 Å². The van der Waals surface area contributed by atoms with Crippen molar-refractivity contribution < 1.29 is 17.9 Å². The maximum absolute atomic E-state index is 13.3. The van der Waals surface area contributed by atoms with Crippen LogP contribution in [0.1, 0.15) is 30.0 Å². The first-order valence-corrected chi connectivity index (χ1v) is 13.5.